The van der Waals surface area contributed by atoms with Crippen LogP contribution in [0.15, 0.2) is 80.4 Å². The normalized spacial score (nSPS) is 12.2. The van der Waals surface area contributed by atoms with Crippen molar-refractivity contribution in [3.63, 3.8) is 0 Å². The van der Waals surface area contributed by atoms with Gasteiger partial charge in [0.2, 0.25) is 0 Å². The summed E-state index contributed by atoms with van der Waals surface area (Å²) in [5, 5.41) is 0. The lowest BCUT2D eigenvalue weighted by atomic mass is 10.0. The van der Waals surface area contributed by atoms with Crippen molar-refractivity contribution < 1.29 is 35.5 Å². The molecule has 1 atom stereocenters. The summed E-state index contributed by atoms with van der Waals surface area (Å²) in [7, 11) is -0.835. The number of hydrogen-bond acceptors (Lipinski definition) is 9. The fraction of sp³-hybridized carbons (Fsp3) is 0.222. The van der Waals surface area contributed by atoms with E-state index >= 15 is 17.6 Å². The number of ether oxygens (including phenoxy) is 1. The molecule has 0 bridgehead atoms. The molecule has 17 heteroatoms. The van der Waals surface area contributed by atoms with Gasteiger partial charge in [0.1, 0.15) is 11.5 Å². The molecule has 5 aromatic rings. The van der Waals surface area contributed by atoms with Gasteiger partial charge in [-0.1, -0.05) is 43.3 Å². The van der Waals surface area contributed by atoms with Gasteiger partial charge in [0.15, 0.2) is 29.3 Å². The van der Waals surface area contributed by atoms with Gasteiger partial charge in [-0.15, -0.1) is 0 Å². The Balaban J connectivity index is 1.38. The smallest absolute Gasteiger partial charge is 0.330 e. The molecule has 53 heavy (non-hydrogen) atoms. The van der Waals surface area contributed by atoms with Gasteiger partial charge in [0.25, 0.3) is 15.6 Å². The Labute approximate surface area is 300 Å². The number of sulfonamides is 1. The van der Waals surface area contributed by atoms with E-state index in [1.807, 2.05) is 6.92 Å². The van der Waals surface area contributed by atoms with Gasteiger partial charge >= 0.3 is 11.7 Å². The molecule has 12 nitrogen and oxygen atoms in total. The molecule has 0 fully saturated rings. The minimum absolute atomic E-state index is 0.199. The second-order valence-corrected chi connectivity index (χ2v) is 13.5. The molecule has 0 saturated carbocycles. The Bertz CT molecular complexity index is 2440. The van der Waals surface area contributed by atoms with Gasteiger partial charge in [0.05, 0.1) is 23.1 Å². The lowest BCUT2D eigenvalue weighted by molar-refractivity contribution is -0.142. The van der Waals surface area contributed by atoms with Crippen molar-refractivity contribution in [3.05, 3.63) is 128 Å². The van der Waals surface area contributed by atoms with E-state index in [-0.39, 0.29) is 12.0 Å². The Hall–Kier alpha value is -5.97. The zero-order valence-corrected chi connectivity index (χ0v) is 29.8. The van der Waals surface area contributed by atoms with Crippen molar-refractivity contribution in [2.24, 2.45) is 19.1 Å². The zero-order valence-electron chi connectivity index (χ0n) is 28.9. The molecule has 0 saturated heterocycles. The largest absolute Gasteiger partial charge is 0.467 e. The van der Waals surface area contributed by atoms with Crippen LogP contribution >= 0.6 is 0 Å². The Kier molecular flexibility index (Phi) is 11.1. The molecule has 2 aromatic heterocycles. The van der Waals surface area contributed by atoms with Crippen molar-refractivity contribution in [3.8, 4) is 22.3 Å². The number of anilines is 1. The number of nitrogens with one attached hydrogen (secondary N) is 1. The van der Waals surface area contributed by atoms with Crippen molar-refractivity contribution in [1.29, 1.82) is 0 Å². The Morgan fingerprint density at radius 2 is 1.45 bits per heavy atom. The maximum absolute atomic E-state index is 15.2. The Morgan fingerprint density at radius 1 is 0.887 bits per heavy atom. The first-order valence-electron chi connectivity index (χ1n) is 15.9. The summed E-state index contributed by atoms with van der Waals surface area (Å²) in [5.41, 5.74) is -1.20. The van der Waals surface area contributed by atoms with E-state index in [1.165, 1.54) is 30.8 Å². The predicted octanol–water partition coefficient (Wildman–Crippen LogP) is 4.64. The van der Waals surface area contributed by atoms with Gasteiger partial charge in [-0.25, -0.2) is 45.5 Å². The summed E-state index contributed by atoms with van der Waals surface area (Å²) < 4.78 is 95.4. The van der Waals surface area contributed by atoms with Crippen LogP contribution in [-0.2, 0) is 46.5 Å². The maximum Gasteiger partial charge on any atom is 0.330 e. The van der Waals surface area contributed by atoms with Crippen LogP contribution in [0, 0.1) is 30.2 Å². The van der Waals surface area contributed by atoms with Gasteiger partial charge < -0.3 is 9.30 Å². The number of aromatic nitrogens is 4. The van der Waals surface area contributed by atoms with Crippen LogP contribution in [0.1, 0.15) is 29.6 Å². The first-order valence-corrected chi connectivity index (χ1v) is 17.3. The highest BCUT2D eigenvalue weighted by molar-refractivity contribution is 7.92. The van der Waals surface area contributed by atoms with Crippen LogP contribution in [0.2, 0.25) is 0 Å². The minimum atomic E-state index is -4.74. The highest BCUT2D eigenvalue weighted by Crippen LogP contribution is 2.30. The van der Waals surface area contributed by atoms with E-state index in [9.17, 15) is 22.8 Å². The fourth-order valence-corrected chi connectivity index (χ4v) is 6.42. The van der Waals surface area contributed by atoms with Crippen molar-refractivity contribution in [1.82, 2.24) is 19.1 Å². The Morgan fingerprint density at radius 3 is 2.00 bits per heavy atom. The monoisotopic (exact) mass is 752 g/mol. The number of benzene rings is 3. The summed E-state index contributed by atoms with van der Waals surface area (Å²) in [4.78, 5) is 49.4. The molecule has 0 aliphatic carbocycles. The summed E-state index contributed by atoms with van der Waals surface area (Å²) in [6.45, 7) is 3.49. The number of nitrogens with zero attached hydrogens (tertiary/aromatic N) is 5. The highest BCUT2D eigenvalue weighted by atomic mass is 32.2. The number of rotatable bonds is 11. The third-order valence-electron chi connectivity index (χ3n) is 8.54. The van der Waals surface area contributed by atoms with Gasteiger partial charge in [-0.2, -0.15) is 0 Å². The summed E-state index contributed by atoms with van der Waals surface area (Å²) in [6, 6.07) is 9.85. The van der Waals surface area contributed by atoms with Crippen molar-refractivity contribution >= 4 is 27.9 Å². The van der Waals surface area contributed by atoms with Crippen LogP contribution in [0.3, 0.4) is 0 Å². The lowest BCUT2D eigenvalue weighted by Crippen LogP contribution is -2.39. The van der Waals surface area contributed by atoms with Crippen molar-refractivity contribution in [2.75, 3.05) is 11.8 Å². The lowest BCUT2D eigenvalue weighted by Gasteiger charge is -2.14. The van der Waals surface area contributed by atoms with E-state index in [4.69, 9.17) is 4.74 Å². The number of carbonyl (C=O) groups excluding carboxylic acids is 1. The zero-order chi connectivity index (χ0) is 38.8. The van der Waals surface area contributed by atoms with E-state index in [0.29, 0.717) is 46.4 Å². The molecule has 1 N–H and O–H groups in total. The summed E-state index contributed by atoms with van der Waals surface area (Å²) >= 11 is 0. The van der Waals surface area contributed by atoms with Gasteiger partial charge in [-0.05, 0) is 35.7 Å². The molecule has 0 unspecified atom stereocenters. The van der Waals surface area contributed by atoms with E-state index in [0.717, 1.165) is 23.8 Å². The first-order chi connectivity index (χ1) is 25.1. The molecule has 276 valence electrons. The fourth-order valence-electron chi connectivity index (χ4n) is 5.36. The molecule has 0 radical (unpaired) electrons. The molecule has 0 spiro atoms. The van der Waals surface area contributed by atoms with Crippen LogP contribution < -0.4 is 16.0 Å². The number of carbonyl (C=O) groups is 1. The minimum Gasteiger partial charge on any atom is -0.467 e. The molecule has 0 aliphatic heterocycles. The second kappa shape index (κ2) is 15.3. The summed E-state index contributed by atoms with van der Waals surface area (Å²) in [5.74, 6) is -8.39. The van der Waals surface area contributed by atoms with E-state index in [1.54, 1.807) is 48.3 Å². The first kappa shape index (κ1) is 38.3. The number of hydrogen-bond donors (Lipinski definition) is 1. The third-order valence-corrected chi connectivity index (χ3v) is 9.90. The van der Waals surface area contributed by atoms with E-state index < -0.39 is 72.7 Å². The average molecular weight is 753 g/mol. The number of aliphatic imine (C=N–C) groups is 1. The summed E-state index contributed by atoms with van der Waals surface area (Å²) in [6.07, 6.45) is 3.92. The quantitative estimate of drug-likeness (QED) is 0.0887. The number of halogens is 4. The second-order valence-electron chi connectivity index (χ2n) is 11.8. The molecular weight excluding hydrogens is 720 g/mol. The number of methoxy groups -OCH3 is 1. The van der Waals surface area contributed by atoms with Crippen molar-refractivity contribution in [2.45, 2.75) is 37.6 Å². The SMILES string of the molecule is CCc1ncc(-c2ccc(S(=O)(=O)Nc3c(F)c(F)c(C=N[C@@H](Cc4ccc(-c5c(C)n(C)c(=O)n(C)c5=O)cc4)C(=O)OC)c(F)c3F)cc2)cn1. The van der Waals surface area contributed by atoms with Gasteiger partial charge in [-0.3, -0.25) is 19.1 Å². The average Bonchev–Trinajstić information content (AvgIpc) is 3.17. The van der Waals surface area contributed by atoms with Crippen LogP contribution in [0.4, 0.5) is 23.2 Å². The molecule has 5 rings (SSSR count). The predicted molar refractivity (Wildman–Crippen MR) is 188 cm³/mol. The van der Waals surface area contributed by atoms with Crippen LogP contribution in [0.5, 0.6) is 0 Å². The molecule has 2 heterocycles. The van der Waals surface area contributed by atoms with Crippen LogP contribution in [-0.4, -0.2) is 52.9 Å². The molecule has 3 aromatic carbocycles. The molecule has 0 amide bonds. The molecule has 0 aliphatic rings. The highest BCUT2D eigenvalue weighted by Gasteiger charge is 2.29. The number of esters is 1. The standard InChI is InChI=1S/C36H32F4N6O6S/c1-6-27-42-16-23(17-43-27)21-11-13-24(14-12-21)53(50,51)44-33-31(39)29(37)25(30(38)32(33)40)18-41-26(35(48)52-5)15-20-7-9-22(10-8-20)28-19(2)45(3)36(49)46(4)34(28)47/h7-14,16-18,26,44H,6,15H2,1-5H3/t26-/m0/s1. The topological polar surface area (TPSA) is 155 Å². The number of aryl methyl sites for hydroxylation is 1. The molecular formula is C36H32F4N6O6S. The van der Waals surface area contributed by atoms with Gasteiger partial charge in [0, 0.05) is 56.8 Å². The van der Waals surface area contributed by atoms with Crippen LogP contribution in [0.25, 0.3) is 22.3 Å². The van der Waals surface area contributed by atoms with E-state index in [2.05, 4.69) is 15.0 Å². The third kappa shape index (κ3) is 7.65. The maximum atomic E-state index is 15.2.